The van der Waals surface area contributed by atoms with Crippen molar-refractivity contribution in [3.8, 4) is 0 Å². The fourth-order valence-corrected chi connectivity index (χ4v) is 2.02. The van der Waals surface area contributed by atoms with Crippen molar-refractivity contribution < 1.29 is 38.8 Å². The van der Waals surface area contributed by atoms with Crippen LogP contribution in [0.25, 0.3) is 0 Å². The van der Waals surface area contributed by atoms with Gasteiger partial charge in [-0.1, -0.05) is 18.7 Å². The molecule has 0 fully saturated rings. The van der Waals surface area contributed by atoms with E-state index in [1.807, 2.05) is 0 Å². The lowest BCUT2D eigenvalue weighted by atomic mass is 9.99. The maximum atomic E-state index is 12.3. The van der Waals surface area contributed by atoms with E-state index in [2.05, 4.69) is 6.58 Å². The average Bonchev–Trinajstić information content (AvgIpc) is 2.63. The summed E-state index contributed by atoms with van der Waals surface area (Å²) in [5.41, 5.74) is 0.593. The Bertz CT molecular complexity index is 665. The Labute approximate surface area is 151 Å². The van der Waals surface area contributed by atoms with Crippen molar-refractivity contribution in [2.24, 2.45) is 0 Å². The number of ether oxygens (including phenoxy) is 3. The summed E-state index contributed by atoms with van der Waals surface area (Å²) in [6.45, 7) is 3.78. The van der Waals surface area contributed by atoms with Gasteiger partial charge in [-0.3, -0.25) is 0 Å². The maximum absolute atomic E-state index is 12.3. The maximum Gasteiger partial charge on any atom is 0.339 e. The summed E-state index contributed by atoms with van der Waals surface area (Å²) in [4.78, 5) is 35.9. The second-order valence-electron chi connectivity index (χ2n) is 5.22. The quantitative estimate of drug-likeness (QED) is 0.352. The third-order valence-electron chi connectivity index (χ3n) is 3.18. The molecule has 8 heteroatoms. The molecular weight excluding hydrogens is 344 g/mol. The molecule has 0 heterocycles. The Morgan fingerprint density at radius 1 is 0.962 bits per heavy atom. The Hall–Kier alpha value is -2.71. The molecule has 0 saturated heterocycles. The van der Waals surface area contributed by atoms with E-state index in [1.165, 1.54) is 13.0 Å². The number of hydrogen-bond donors (Lipinski definition) is 2. The first-order valence-electron chi connectivity index (χ1n) is 7.92. The van der Waals surface area contributed by atoms with E-state index in [9.17, 15) is 14.4 Å². The highest BCUT2D eigenvalue weighted by Crippen LogP contribution is 2.19. The Kier molecular flexibility index (Phi) is 9.04. The van der Waals surface area contributed by atoms with Gasteiger partial charge < -0.3 is 24.4 Å². The number of carbonyl (C=O) groups excluding carboxylic acids is 3. The van der Waals surface area contributed by atoms with Gasteiger partial charge in [-0.25, -0.2) is 14.4 Å². The molecule has 0 aliphatic carbocycles. The second kappa shape index (κ2) is 11.0. The van der Waals surface area contributed by atoms with Crippen molar-refractivity contribution in [3.63, 3.8) is 0 Å². The SMILES string of the molecule is C=C(C)C(=O)OCCc1cccc(C(=O)OCCO)c1C(=O)OCCO. The number of aliphatic hydroxyl groups is 2. The van der Waals surface area contributed by atoms with Crippen LogP contribution in [0.3, 0.4) is 0 Å². The van der Waals surface area contributed by atoms with Crippen LogP contribution in [0, 0.1) is 0 Å². The van der Waals surface area contributed by atoms with E-state index in [0.717, 1.165) is 0 Å². The van der Waals surface area contributed by atoms with E-state index in [4.69, 9.17) is 24.4 Å². The summed E-state index contributed by atoms with van der Waals surface area (Å²) in [6.07, 6.45) is 0.156. The molecule has 1 rings (SSSR count). The minimum atomic E-state index is -0.808. The summed E-state index contributed by atoms with van der Waals surface area (Å²) in [5, 5.41) is 17.6. The first-order chi connectivity index (χ1) is 12.4. The third-order valence-corrected chi connectivity index (χ3v) is 3.18. The summed E-state index contributed by atoms with van der Waals surface area (Å²) >= 11 is 0. The zero-order valence-corrected chi connectivity index (χ0v) is 14.5. The normalized spacial score (nSPS) is 10.1. The lowest BCUT2D eigenvalue weighted by Crippen LogP contribution is -2.19. The predicted octanol–water partition coefficient (Wildman–Crippen LogP) is 0.647. The Balaban J connectivity index is 3.06. The van der Waals surface area contributed by atoms with E-state index in [1.54, 1.807) is 12.1 Å². The molecule has 0 atom stereocenters. The molecule has 0 bridgehead atoms. The van der Waals surface area contributed by atoms with Gasteiger partial charge in [-0.05, 0) is 18.6 Å². The predicted molar refractivity (Wildman–Crippen MR) is 90.7 cm³/mol. The van der Waals surface area contributed by atoms with Gasteiger partial charge >= 0.3 is 17.9 Å². The molecule has 2 N–H and O–H groups in total. The van der Waals surface area contributed by atoms with Gasteiger partial charge in [0.1, 0.15) is 13.2 Å². The van der Waals surface area contributed by atoms with Crippen LogP contribution in [0.5, 0.6) is 0 Å². The number of rotatable bonds is 10. The molecule has 0 aliphatic heterocycles. The van der Waals surface area contributed by atoms with Gasteiger partial charge in [0.15, 0.2) is 0 Å². The highest BCUT2D eigenvalue weighted by Gasteiger charge is 2.23. The standard InChI is InChI=1S/C18H22O8/c1-12(2)16(21)24-9-6-13-4-3-5-14(17(22)25-10-7-19)15(13)18(23)26-11-8-20/h3-5,19-20H,1,6-11H2,2H3. The summed E-state index contributed by atoms with van der Waals surface area (Å²) in [5.74, 6) is -2.17. The minimum absolute atomic E-state index is 0.0267. The highest BCUT2D eigenvalue weighted by atomic mass is 16.5. The zero-order valence-electron chi connectivity index (χ0n) is 14.5. The molecule has 0 spiro atoms. The first-order valence-corrected chi connectivity index (χ1v) is 7.92. The molecule has 1 aromatic carbocycles. The van der Waals surface area contributed by atoms with Gasteiger partial charge in [-0.2, -0.15) is 0 Å². The molecule has 0 saturated carbocycles. The molecule has 0 aromatic heterocycles. The zero-order chi connectivity index (χ0) is 19.5. The minimum Gasteiger partial charge on any atom is -0.462 e. The molecule has 0 aliphatic rings. The van der Waals surface area contributed by atoms with Crippen molar-refractivity contribution in [1.82, 2.24) is 0 Å². The van der Waals surface area contributed by atoms with Crippen LogP contribution in [0.15, 0.2) is 30.4 Å². The van der Waals surface area contributed by atoms with Crippen LogP contribution in [0.2, 0.25) is 0 Å². The van der Waals surface area contributed by atoms with E-state index < -0.39 is 17.9 Å². The lowest BCUT2D eigenvalue weighted by Gasteiger charge is -2.14. The second-order valence-corrected chi connectivity index (χ2v) is 5.22. The van der Waals surface area contributed by atoms with Crippen molar-refractivity contribution >= 4 is 17.9 Å². The Morgan fingerprint density at radius 2 is 1.58 bits per heavy atom. The highest BCUT2D eigenvalue weighted by molar-refractivity contribution is 6.04. The van der Waals surface area contributed by atoms with Gasteiger partial charge in [0.05, 0.1) is 30.9 Å². The van der Waals surface area contributed by atoms with Gasteiger partial charge in [0.25, 0.3) is 0 Å². The van der Waals surface area contributed by atoms with E-state index in [-0.39, 0.29) is 56.2 Å². The Morgan fingerprint density at radius 3 is 2.15 bits per heavy atom. The number of hydrogen-bond acceptors (Lipinski definition) is 8. The van der Waals surface area contributed by atoms with Crippen molar-refractivity contribution in [2.45, 2.75) is 13.3 Å². The van der Waals surface area contributed by atoms with Crippen LogP contribution in [0.4, 0.5) is 0 Å². The monoisotopic (exact) mass is 366 g/mol. The molecule has 8 nitrogen and oxygen atoms in total. The largest absolute Gasteiger partial charge is 0.462 e. The summed E-state index contributed by atoms with van der Waals surface area (Å²) in [7, 11) is 0. The smallest absolute Gasteiger partial charge is 0.339 e. The van der Waals surface area contributed by atoms with E-state index in [0.29, 0.717) is 5.56 Å². The van der Waals surface area contributed by atoms with Crippen LogP contribution in [-0.2, 0) is 25.4 Å². The number of esters is 3. The van der Waals surface area contributed by atoms with Crippen molar-refractivity contribution in [1.29, 1.82) is 0 Å². The van der Waals surface area contributed by atoms with E-state index >= 15 is 0 Å². The number of aliphatic hydroxyl groups excluding tert-OH is 2. The topological polar surface area (TPSA) is 119 Å². The van der Waals surface area contributed by atoms with Crippen molar-refractivity contribution in [3.05, 3.63) is 47.0 Å². The van der Waals surface area contributed by atoms with Gasteiger partial charge in [0.2, 0.25) is 0 Å². The van der Waals surface area contributed by atoms with Crippen LogP contribution in [-0.4, -0.2) is 61.2 Å². The summed E-state index contributed by atoms with van der Waals surface area (Å²) in [6, 6.07) is 4.53. The molecule has 142 valence electrons. The van der Waals surface area contributed by atoms with Crippen molar-refractivity contribution in [2.75, 3.05) is 33.0 Å². The molecule has 1 aromatic rings. The van der Waals surface area contributed by atoms with Crippen LogP contribution < -0.4 is 0 Å². The molecule has 0 unspecified atom stereocenters. The average molecular weight is 366 g/mol. The van der Waals surface area contributed by atoms with Crippen LogP contribution >= 0.6 is 0 Å². The third kappa shape index (κ3) is 6.30. The first kappa shape index (κ1) is 21.3. The number of carbonyl (C=O) groups is 3. The van der Waals surface area contributed by atoms with Gasteiger partial charge in [0, 0.05) is 12.0 Å². The van der Waals surface area contributed by atoms with Crippen LogP contribution in [0.1, 0.15) is 33.2 Å². The van der Waals surface area contributed by atoms with Gasteiger partial charge in [-0.15, -0.1) is 0 Å². The molecule has 0 amide bonds. The molecular formula is C18H22O8. The fraction of sp³-hybridized carbons (Fsp3) is 0.389. The number of benzene rings is 1. The molecule has 0 radical (unpaired) electrons. The fourth-order valence-electron chi connectivity index (χ4n) is 2.02. The summed E-state index contributed by atoms with van der Waals surface area (Å²) < 4.78 is 14.8. The lowest BCUT2D eigenvalue weighted by molar-refractivity contribution is -0.138. The molecule has 26 heavy (non-hydrogen) atoms.